The van der Waals surface area contributed by atoms with Crippen molar-refractivity contribution in [2.24, 2.45) is 13.0 Å². The molecule has 7 heteroatoms. The van der Waals surface area contributed by atoms with Crippen LogP contribution < -0.4 is 4.90 Å². The topological polar surface area (TPSA) is 72.9 Å². The molecule has 24 heavy (non-hydrogen) atoms. The van der Waals surface area contributed by atoms with Gasteiger partial charge in [-0.15, -0.1) is 0 Å². The summed E-state index contributed by atoms with van der Waals surface area (Å²) < 4.78 is 7.12. The second kappa shape index (κ2) is 6.82. The molecular formula is C17H22N6O. The van der Waals surface area contributed by atoms with E-state index in [4.69, 9.17) is 4.52 Å². The van der Waals surface area contributed by atoms with E-state index in [0.29, 0.717) is 11.8 Å². The Labute approximate surface area is 141 Å². The zero-order chi connectivity index (χ0) is 17.1. The molecule has 3 rings (SSSR count). The number of pyridine rings is 1. The van der Waals surface area contributed by atoms with Gasteiger partial charge in [0.25, 0.3) is 5.89 Å². The second-order valence-corrected chi connectivity index (χ2v) is 6.40. The molecule has 0 N–H and O–H groups in total. The van der Waals surface area contributed by atoms with E-state index in [1.807, 2.05) is 38.6 Å². The summed E-state index contributed by atoms with van der Waals surface area (Å²) in [6.07, 6.45) is 6.43. The number of nitrogens with zero attached hydrogens (tertiary/aromatic N) is 6. The number of aryl methyl sites for hydroxylation is 1. The first-order valence-electron chi connectivity index (χ1n) is 7.99. The molecule has 126 valence electrons. The van der Waals surface area contributed by atoms with Crippen molar-refractivity contribution in [2.45, 2.75) is 26.8 Å². The largest absolute Gasteiger partial charge is 0.355 e. The van der Waals surface area contributed by atoms with Gasteiger partial charge in [0.2, 0.25) is 0 Å². The molecule has 7 nitrogen and oxygen atoms in total. The molecule has 3 aromatic heterocycles. The maximum atomic E-state index is 5.32. The third kappa shape index (κ3) is 3.79. The first kappa shape index (κ1) is 16.2. The third-order valence-electron chi connectivity index (χ3n) is 3.62. The highest BCUT2D eigenvalue weighted by Crippen LogP contribution is 2.20. The predicted octanol–water partition coefficient (Wildman–Crippen LogP) is 2.70. The van der Waals surface area contributed by atoms with Crippen LogP contribution in [0.15, 0.2) is 35.2 Å². The van der Waals surface area contributed by atoms with E-state index in [9.17, 15) is 0 Å². The van der Waals surface area contributed by atoms with E-state index < -0.39 is 0 Å². The Hall–Kier alpha value is -2.70. The summed E-state index contributed by atoms with van der Waals surface area (Å²) >= 11 is 0. The van der Waals surface area contributed by atoms with Crippen LogP contribution in [-0.4, -0.2) is 32.0 Å². The molecule has 0 aliphatic rings. The van der Waals surface area contributed by atoms with Crippen molar-refractivity contribution < 1.29 is 4.52 Å². The van der Waals surface area contributed by atoms with Gasteiger partial charge in [0.15, 0.2) is 5.82 Å². The van der Waals surface area contributed by atoms with Crippen LogP contribution in [0.5, 0.6) is 0 Å². The van der Waals surface area contributed by atoms with Crippen LogP contribution >= 0.6 is 0 Å². The molecule has 3 aromatic rings. The summed E-state index contributed by atoms with van der Waals surface area (Å²) in [6.45, 7) is 5.01. The van der Waals surface area contributed by atoms with Crippen molar-refractivity contribution in [3.8, 4) is 11.5 Å². The van der Waals surface area contributed by atoms with E-state index in [1.54, 1.807) is 10.9 Å². The molecule has 3 heterocycles. The number of anilines is 1. The van der Waals surface area contributed by atoms with Crippen LogP contribution in [0.2, 0.25) is 0 Å². The van der Waals surface area contributed by atoms with Gasteiger partial charge in [-0.1, -0.05) is 19.0 Å². The lowest BCUT2D eigenvalue weighted by Gasteiger charge is -2.17. The highest BCUT2D eigenvalue weighted by molar-refractivity contribution is 5.54. The molecule has 0 saturated heterocycles. The molecule has 0 saturated carbocycles. The Morgan fingerprint density at radius 2 is 2.08 bits per heavy atom. The van der Waals surface area contributed by atoms with Gasteiger partial charge < -0.3 is 9.42 Å². The molecule has 0 atom stereocenters. The molecule has 0 aromatic carbocycles. The smallest absolute Gasteiger partial charge is 0.259 e. The summed E-state index contributed by atoms with van der Waals surface area (Å²) in [4.78, 5) is 11.0. The minimum Gasteiger partial charge on any atom is -0.355 e. The average Bonchev–Trinajstić information content (AvgIpc) is 3.16. The summed E-state index contributed by atoms with van der Waals surface area (Å²) in [6, 6.07) is 3.91. The minimum atomic E-state index is 0.497. The number of hydrogen-bond donors (Lipinski definition) is 0. The van der Waals surface area contributed by atoms with Gasteiger partial charge in [-0.05, 0) is 18.1 Å². The van der Waals surface area contributed by atoms with Crippen LogP contribution in [0.25, 0.3) is 11.5 Å². The second-order valence-electron chi connectivity index (χ2n) is 6.40. The van der Waals surface area contributed by atoms with E-state index in [0.717, 1.165) is 35.7 Å². The minimum absolute atomic E-state index is 0.497. The van der Waals surface area contributed by atoms with Gasteiger partial charge in [0.1, 0.15) is 5.82 Å². The molecule has 0 unspecified atom stereocenters. The van der Waals surface area contributed by atoms with Gasteiger partial charge in [-0.2, -0.15) is 10.1 Å². The maximum Gasteiger partial charge on any atom is 0.259 e. The highest BCUT2D eigenvalue weighted by atomic mass is 16.5. The van der Waals surface area contributed by atoms with Crippen molar-refractivity contribution in [1.29, 1.82) is 0 Å². The number of rotatable bonds is 6. The fourth-order valence-electron chi connectivity index (χ4n) is 2.47. The molecule has 0 fully saturated rings. The lowest BCUT2D eigenvalue weighted by molar-refractivity contribution is 0.417. The first-order chi connectivity index (χ1) is 11.5. The quantitative estimate of drug-likeness (QED) is 0.693. The Balaban J connectivity index is 1.69. The molecule has 0 aliphatic heterocycles. The van der Waals surface area contributed by atoms with Crippen LogP contribution in [0.3, 0.4) is 0 Å². The van der Waals surface area contributed by atoms with Gasteiger partial charge >= 0.3 is 0 Å². The van der Waals surface area contributed by atoms with Crippen LogP contribution in [0.1, 0.15) is 25.2 Å². The molecular weight excluding hydrogens is 304 g/mol. The van der Waals surface area contributed by atoms with E-state index in [2.05, 4.69) is 39.0 Å². The normalized spacial score (nSPS) is 11.2. The van der Waals surface area contributed by atoms with Crippen molar-refractivity contribution in [1.82, 2.24) is 24.9 Å². The lowest BCUT2D eigenvalue weighted by atomic mass is 10.1. The van der Waals surface area contributed by atoms with Gasteiger partial charge in [-0.25, -0.2) is 4.98 Å². The summed E-state index contributed by atoms with van der Waals surface area (Å²) in [5.74, 6) is 2.62. The summed E-state index contributed by atoms with van der Waals surface area (Å²) in [7, 11) is 3.91. The molecule has 0 aliphatic carbocycles. The van der Waals surface area contributed by atoms with Gasteiger partial charge in [-0.3, -0.25) is 4.68 Å². The zero-order valence-electron chi connectivity index (χ0n) is 14.5. The molecule has 0 spiro atoms. The predicted molar refractivity (Wildman–Crippen MR) is 91.4 cm³/mol. The van der Waals surface area contributed by atoms with Crippen molar-refractivity contribution in [3.63, 3.8) is 0 Å². The van der Waals surface area contributed by atoms with E-state index >= 15 is 0 Å². The SMILES string of the molecule is CC(C)Cc1noc(-c2ccc(N(C)Cc3cnn(C)c3)nc2)n1. The summed E-state index contributed by atoms with van der Waals surface area (Å²) in [5.41, 5.74) is 1.97. The molecule has 0 radical (unpaired) electrons. The molecule has 0 bridgehead atoms. The standard InChI is InChI=1S/C17H22N6O/c1-12(2)7-15-20-17(24-21-15)14-5-6-16(18-9-14)22(3)10-13-8-19-23(4)11-13/h5-6,8-9,11-12H,7,10H2,1-4H3. The van der Waals surface area contributed by atoms with E-state index in [-0.39, 0.29) is 0 Å². The monoisotopic (exact) mass is 326 g/mol. The van der Waals surface area contributed by atoms with Gasteiger partial charge in [0.05, 0.1) is 11.8 Å². The average molecular weight is 326 g/mol. The fraction of sp³-hybridized carbons (Fsp3) is 0.412. The Morgan fingerprint density at radius 1 is 1.25 bits per heavy atom. The van der Waals surface area contributed by atoms with Crippen LogP contribution in [0.4, 0.5) is 5.82 Å². The van der Waals surface area contributed by atoms with Crippen molar-refractivity contribution in [3.05, 3.63) is 42.1 Å². The Morgan fingerprint density at radius 3 is 2.71 bits per heavy atom. The maximum absolute atomic E-state index is 5.32. The van der Waals surface area contributed by atoms with Gasteiger partial charge in [0, 0.05) is 45.0 Å². The lowest BCUT2D eigenvalue weighted by Crippen LogP contribution is -2.17. The van der Waals surface area contributed by atoms with Crippen LogP contribution in [0, 0.1) is 5.92 Å². The number of hydrogen-bond acceptors (Lipinski definition) is 6. The third-order valence-corrected chi connectivity index (χ3v) is 3.62. The Kier molecular flexibility index (Phi) is 4.59. The number of aromatic nitrogens is 5. The zero-order valence-corrected chi connectivity index (χ0v) is 14.5. The Bertz CT molecular complexity index is 790. The first-order valence-corrected chi connectivity index (χ1v) is 7.99. The van der Waals surface area contributed by atoms with E-state index in [1.165, 1.54) is 0 Å². The molecule has 0 amide bonds. The van der Waals surface area contributed by atoms with Crippen molar-refractivity contribution >= 4 is 5.82 Å². The van der Waals surface area contributed by atoms with Crippen molar-refractivity contribution in [2.75, 3.05) is 11.9 Å². The highest BCUT2D eigenvalue weighted by Gasteiger charge is 2.11. The summed E-state index contributed by atoms with van der Waals surface area (Å²) in [5, 5.41) is 8.20. The van der Waals surface area contributed by atoms with Crippen LogP contribution in [-0.2, 0) is 20.0 Å². The fourth-order valence-corrected chi connectivity index (χ4v) is 2.47.